The van der Waals surface area contributed by atoms with Crippen molar-refractivity contribution in [1.82, 2.24) is 20.8 Å². The summed E-state index contributed by atoms with van der Waals surface area (Å²) in [7, 11) is -0.562. The van der Waals surface area contributed by atoms with E-state index in [2.05, 4.69) is 34.6 Å². The van der Waals surface area contributed by atoms with Crippen LogP contribution < -0.4 is 15.9 Å². The summed E-state index contributed by atoms with van der Waals surface area (Å²) in [5.74, 6) is -0.189. The topological polar surface area (TPSA) is 103 Å². The van der Waals surface area contributed by atoms with E-state index < -0.39 is 19.2 Å². The van der Waals surface area contributed by atoms with Crippen LogP contribution in [0, 0.1) is 0 Å². The highest BCUT2D eigenvalue weighted by Crippen LogP contribution is 2.05. The van der Waals surface area contributed by atoms with Crippen LogP contribution in [0.1, 0.15) is 64.4 Å². The number of carbonyl (C=O) groups excluding carboxylic acids is 2. The fourth-order valence-electron chi connectivity index (χ4n) is 3.52. The van der Waals surface area contributed by atoms with Gasteiger partial charge in [0.1, 0.15) is 12.6 Å². The van der Waals surface area contributed by atoms with Crippen LogP contribution in [0.5, 0.6) is 0 Å². The average molecular weight is 476 g/mol. The molecule has 1 rings (SSSR count). The van der Waals surface area contributed by atoms with Gasteiger partial charge in [-0.15, -0.1) is 0 Å². The van der Waals surface area contributed by atoms with Gasteiger partial charge in [0.05, 0.1) is 0 Å². The lowest BCUT2D eigenvalue weighted by Crippen LogP contribution is -2.48. The maximum absolute atomic E-state index is 12.9. The number of amides is 2. The molecule has 0 saturated carbocycles. The van der Waals surface area contributed by atoms with Gasteiger partial charge in [-0.3, -0.25) is 4.79 Å². The first-order chi connectivity index (χ1) is 16.5. The number of ether oxygens (including phenoxy) is 1. The lowest BCUT2D eigenvalue weighted by Gasteiger charge is -2.23. The summed E-state index contributed by atoms with van der Waals surface area (Å²) in [4.78, 5) is 27.6. The molecule has 1 aromatic carbocycles. The molecule has 0 radical (unpaired) electrons. The monoisotopic (exact) mass is 476 g/mol. The average Bonchev–Trinajstić information content (AvgIpc) is 2.83. The molecule has 0 aliphatic carbocycles. The van der Waals surface area contributed by atoms with Crippen molar-refractivity contribution in [3.8, 4) is 0 Å². The van der Waals surface area contributed by atoms with E-state index in [1.54, 1.807) is 6.82 Å². The first-order valence-electron chi connectivity index (χ1n) is 12.8. The number of carbonyl (C=O) groups is 2. The van der Waals surface area contributed by atoms with Crippen molar-refractivity contribution in [3.63, 3.8) is 0 Å². The standard InChI is InChI=1S/C25H45BN4O4/c1-4-6-18-30(19-7-5-2)20-17-27-24(31)23(15-11-12-16-28-26(3)33)29-25(32)34-21-22-13-9-8-10-14-22/h8-10,13-14,23,28,33H,4-7,11-12,15-21H2,1-3H3,(H,27,31)(H,29,32)/t23-/m0/s1. The molecule has 0 fully saturated rings. The van der Waals surface area contributed by atoms with Crippen molar-refractivity contribution < 1.29 is 19.3 Å². The van der Waals surface area contributed by atoms with E-state index in [1.165, 1.54) is 0 Å². The Morgan fingerprint density at radius 2 is 1.68 bits per heavy atom. The molecule has 0 aliphatic heterocycles. The van der Waals surface area contributed by atoms with Gasteiger partial charge in [0.2, 0.25) is 5.91 Å². The molecule has 0 unspecified atom stereocenters. The van der Waals surface area contributed by atoms with Crippen LogP contribution in [0.3, 0.4) is 0 Å². The van der Waals surface area contributed by atoms with Crippen molar-refractivity contribution in [2.45, 2.75) is 78.3 Å². The molecule has 0 spiro atoms. The van der Waals surface area contributed by atoms with Gasteiger partial charge in [0.25, 0.3) is 0 Å². The quantitative estimate of drug-likeness (QED) is 0.181. The Hall–Kier alpha value is -2.10. The highest BCUT2D eigenvalue weighted by Gasteiger charge is 2.21. The van der Waals surface area contributed by atoms with Crippen LogP contribution in [-0.4, -0.2) is 67.7 Å². The molecule has 4 N–H and O–H groups in total. The van der Waals surface area contributed by atoms with Crippen molar-refractivity contribution in [2.24, 2.45) is 0 Å². The highest BCUT2D eigenvalue weighted by atomic mass is 16.5. The maximum atomic E-state index is 12.9. The van der Waals surface area contributed by atoms with Gasteiger partial charge in [-0.2, -0.15) is 0 Å². The van der Waals surface area contributed by atoms with Crippen molar-refractivity contribution in [1.29, 1.82) is 0 Å². The van der Waals surface area contributed by atoms with Crippen molar-refractivity contribution in [2.75, 3.05) is 32.7 Å². The SMILES string of the molecule is CCCCN(CCCC)CCNC(=O)[C@H](CCCCNB(C)O)NC(=O)OCc1ccccc1. The summed E-state index contributed by atoms with van der Waals surface area (Å²) in [6, 6.07) is 8.79. The molecule has 2 amide bonds. The van der Waals surface area contributed by atoms with Crippen LogP contribution >= 0.6 is 0 Å². The number of rotatable bonds is 19. The summed E-state index contributed by atoms with van der Waals surface area (Å²) < 4.78 is 5.32. The van der Waals surface area contributed by atoms with Gasteiger partial charge in [0, 0.05) is 13.1 Å². The number of hydrogen-bond donors (Lipinski definition) is 4. The van der Waals surface area contributed by atoms with Crippen LogP contribution in [0.4, 0.5) is 4.79 Å². The van der Waals surface area contributed by atoms with Crippen LogP contribution in [0.25, 0.3) is 0 Å². The minimum atomic E-state index is -0.658. The molecule has 0 aliphatic rings. The second-order valence-electron chi connectivity index (χ2n) is 8.72. The molecule has 0 bridgehead atoms. The Morgan fingerprint density at radius 1 is 1.00 bits per heavy atom. The Labute approximate surface area is 206 Å². The van der Waals surface area contributed by atoms with Crippen LogP contribution in [-0.2, 0) is 16.1 Å². The first kappa shape index (κ1) is 29.9. The zero-order chi connectivity index (χ0) is 25.0. The maximum Gasteiger partial charge on any atom is 0.408 e. The van der Waals surface area contributed by atoms with Crippen LogP contribution in [0.15, 0.2) is 30.3 Å². The molecular formula is C25H45BN4O4. The van der Waals surface area contributed by atoms with Crippen LogP contribution in [0.2, 0.25) is 6.82 Å². The largest absolute Gasteiger partial charge is 0.445 e. The number of nitrogens with one attached hydrogen (secondary N) is 3. The number of nitrogens with zero attached hydrogens (tertiary/aromatic N) is 1. The van der Waals surface area contributed by atoms with Gasteiger partial charge in [-0.25, -0.2) is 4.79 Å². The van der Waals surface area contributed by atoms with E-state index in [0.717, 1.165) is 63.7 Å². The molecule has 1 aromatic rings. The minimum Gasteiger partial charge on any atom is -0.445 e. The predicted molar refractivity (Wildman–Crippen MR) is 139 cm³/mol. The van der Waals surface area contributed by atoms with Crippen molar-refractivity contribution >= 4 is 19.1 Å². The number of hydrogen-bond acceptors (Lipinski definition) is 6. The second kappa shape index (κ2) is 19.2. The molecule has 0 saturated heterocycles. The molecule has 9 heteroatoms. The normalized spacial score (nSPS) is 11.8. The lowest BCUT2D eigenvalue weighted by molar-refractivity contribution is -0.123. The van der Waals surface area contributed by atoms with E-state index >= 15 is 0 Å². The van der Waals surface area contributed by atoms with Gasteiger partial charge in [-0.05, 0) is 64.1 Å². The Kier molecular flexibility index (Phi) is 16.9. The minimum absolute atomic E-state index is 0.156. The molecule has 0 aromatic heterocycles. The Bertz CT molecular complexity index is 656. The van der Waals surface area contributed by atoms with E-state index in [0.29, 0.717) is 19.5 Å². The zero-order valence-corrected chi connectivity index (χ0v) is 21.4. The summed E-state index contributed by atoms with van der Waals surface area (Å²) >= 11 is 0. The Morgan fingerprint density at radius 3 is 2.29 bits per heavy atom. The molecule has 1 atom stereocenters. The molecular weight excluding hydrogens is 431 g/mol. The summed E-state index contributed by atoms with van der Waals surface area (Å²) in [6.45, 7) is 10.3. The molecule has 34 heavy (non-hydrogen) atoms. The van der Waals surface area contributed by atoms with Gasteiger partial charge in [0.15, 0.2) is 0 Å². The highest BCUT2D eigenvalue weighted by molar-refractivity contribution is 6.45. The van der Waals surface area contributed by atoms with E-state index in [1.807, 2.05) is 30.3 Å². The Balaban J connectivity index is 2.55. The van der Waals surface area contributed by atoms with Crippen molar-refractivity contribution in [3.05, 3.63) is 35.9 Å². The van der Waals surface area contributed by atoms with Gasteiger partial charge >= 0.3 is 13.1 Å². The van der Waals surface area contributed by atoms with E-state index in [4.69, 9.17) is 4.74 Å². The third-order valence-electron chi connectivity index (χ3n) is 5.56. The van der Waals surface area contributed by atoms with E-state index in [9.17, 15) is 14.6 Å². The third kappa shape index (κ3) is 14.9. The fourth-order valence-corrected chi connectivity index (χ4v) is 3.52. The molecule has 8 nitrogen and oxygen atoms in total. The smallest absolute Gasteiger partial charge is 0.408 e. The fraction of sp³-hybridized carbons (Fsp3) is 0.680. The number of unbranched alkanes of at least 4 members (excludes halogenated alkanes) is 3. The summed E-state index contributed by atoms with van der Waals surface area (Å²) in [5, 5.41) is 18.0. The molecule has 0 heterocycles. The number of alkyl carbamates (subject to hydrolysis) is 1. The first-order valence-corrected chi connectivity index (χ1v) is 12.8. The number of benzene rings is 1. The third-order valence-corrected chi connectivity index (χ3v) is 5.56. The zero-order valence-electron chi connectivity index (χ0n) is 21.4. The lowest BCUT2D eigenvalue weighted by atomic mass is 9.89. The second-order valence-corrected chi connectivity index (χ2v) is 8.72. The van der Waals surface area contributed by atoms with Gasteiger partial charge in [-0.1, -0.05) is 57.0 Å². The van der Waals surface area contributed by atoms with E-state index in [-0.39, 0.29) is 12.5 Å². The predicted octanol–water partition coefficient (Wildman–Crippen LogP) is 3.17. The van der Waals surface area contributed by atoms with Gasteiger partial charge < -0.3 is 30.5 Å². The summed E-state index contributed by atoms with van der Waals surface area (Å²) in [5.41, 5.74) is 0.891. The summed E-state index contributed by atoms with van der Waals surface area (Å²) in [6.07, 6.45) is 6.02. The molecule has 192 valence electrons.